The van der Waals surface area contributed by atoms with Crippen LogP contribution in [0.4, 0.5) is 0 Å². The van der Waals surface area contributed by atoms with Gasteiger partial charge in [-0.2, -0.15) is 0 Å². The first kappa shape index (κ1) is 19.8. The standard InChI is InChI=1S/C20H22N4O3S/c1-14-4-3-5-17(12-14)27-11-10-21-18(25)13-28-20-22-19(23-24-20)15-6-8-16(26-2)9-7-15/h3-9,12H,10-11,13H2,1-2H3,(H,21,25)(H,22,23,24). The Morgan fingerprint density at radius 3 is 2.75 bits per heavy atom. The molecular weight excluding hydrogens is 376 g/mol. The maximum Gasteiger partial charge on any atom is 0.230 e. The number of rotatable bonds is 9. The minimum Gasteiger partial charge on any atom is -0.497 e. The van der Waals surface area contributed by atoms with E-state index in [1.165, 1.54) is 11.8 Å². The zero-order valence-corrected chi connectivity index (χ0v) is 16.6. The van der Waals surface area contributed by atoms with Crippen molar-refractivity contribution in [2.45, 2.75) is 12.1 Å². The molecule has 0 unspecified atom stereocenters. The second-order valence-corrected chi connectivity index (χ2v) is 6.94. The fourth-order valence-electron chi connectivity index (χ4n) is 2.43. The van der Waals surface area contributed by atoms with Gasteiger partial charge in [0.25, 0.3) is 0 Å². The first-order valence-corrected chi connectivity index (χ1v) is 9.78. The van der Waals surface area contributed by atoms with Crippen LogP contribution in [0.15, 0.2) is 53.7 Å². The minimum atomic E-state index is -0.0892. The van der Waals surface area contributed by atoms with Gasteiger partial charge in [-0.3, -0.25) is 9.89 Å². The molecule has 7 nitrogen and oxygen atoms in total. The van der Waals surface area contributed by atoms with Crippen molar-refractivity contribution in [1.29, 1.82) is 0 Å². The largest absolute Gasteiger partial charge is 0.497 e. The highest BCUT2D eigenvalue weighted by Gasteiger charge is 2.09. The zero-order valence-electron chi connectivity index (χ0n) is 15.8. The van der Waals surface area contributed by atoms with Crippen LogP contribution in [0.3, 0.4) is 0 Å². The van der Waals surface area contributed by atoms with Crippen LogP contribution in [0.2, 0.25) is 0 Å². The molecule has 0 aliphatic heterocycles. The van der Waals surface area contributed by atoms with Crippen LogP contribution in [0.1, 0.15) is 5.56 Å². The number of hydrogen-bond acceptors (Lipinski definition) is 6. The normalized spacial score (nSPS) is 10.5. The first-order chi connectivity index (χ1) is 13.6. The molecule has 0 radical (unpaired) electrons. The molecule has 0 saturated heterocycles. The first-order valence-electron chi connectivity index (χ1n) is 8.80. The summed E-state index contributed by atoms with van der Waals surface area (Å²) in [5.41, 5.74) is 2.04. The minimum absolute atomic E-state index is 0.0892. The van der Waals surface area contributed by atoms with E-state index in [1.807, 2.05) is 55.5 Å². The highest BCUT2D eigenvalue weighted by Crippen LogP contribution is 2.21. The lowest BCUT2D eigenvalue weighted by Gasteiger charge is -2.07. The summed E-state index contributed by atoms with van der Waals surface area (Å²) in [5, 5.41) is 10.4. The molecule has 1 aromatic heterocycles. The van der Waals surface area contributed by atoms with Crippen LogP contribution >= 0.6 is 11.8 Å². The second-order valence-electron chi connectivity index (χ2n) is 6.00. The molecule has 0 bridgehead atoms. The van der Waals surface area contributed by atoms with Crippen LogP contribution in [0.25, 0.3) is 11.4 Å². The quantitative estimate of drug-likeness (QED) is 0.425. The molecule has 0 fully saturated rings. The van der Waals surface area contributed by atoms with E-state index in [4.69, 9.17) is 9.47 Å². The summed E-state index contributed by atoms with van der Waals surface area (Å²) in [4.78, 5) is 16.4. The number of aromatic nitrogens is 3. The number of benzene rings is 2. The lowest BCUT2D eigenvalue weighted by Crippen LogP contribution is -2.29. The van der Waals surface area contributed by atoms with E-state index in [-0.39, 0.29) is 11.7 Å². The number of carbonyl (C=O) groups is 1. The Morgan fingerprint density at radius 1 is 1.18 bits per heavy atom. The van der Waals surface area contributed by atoms with Gasteiger partial charge in [-0.1, -0.05) is 23.9 Å². The van der Waals surface area contributed by atoms with Crippen LogP contribution in [0.5, 0.6) is 11.5 Å². The summed E-state index contributed by atoms with van der Waals surface area (Å²) in [6.07, 6.45) is 0. The molecule has 3 aromatic rings. The smallest absolute Gasteiger partial charge is 0.230 e. The number of nitrogens with zero attached hydrogens (tertiary/aromatic N) is 2. The van der Waals surface area contributed by atoms with Gasteiger partial charge in [0.2, 0.25) is 11.1 Å². The van der Waals surface area contributed by atoms with Crippen molar-refractivity contribution in [2.75, 3.05) is 26.0 Å². The Labute approximate surface area is 167 Å². The van der Waals surface area contributed by atoms with Crippen molar-refractivity contribution in [3.63, 3.8) is 0 Å². The number of aromatic amines is 1. The van der Waals surface area contributed by atoms with Crippen LogP contribution in [0, 0.1) is 6.92 Å². The van der Waals surface area contributed by atoms with Gasteiger partial charge >= 0.3 is 0 Å². The van der Waals surface area contributed by atoms with Crippen LogP contribution in [-0.4, -0.2) is 47.1 Å². The number of carbonyl (C=O) groups excluding carboxylic acids is 1. The number of H-pyrrole nitrogens is 1. The van der Waals surface area contributed by atoms with E-state index in [9.17, 15) is 4.79 Å². The van der Waals surface area contributed by atoms with E-state index in [2.05, 4.69) is 20.5 Å². The van der Waals surface area contributed by atoms with Crippen molar-refractivity contribution < 1.29 is 14.3 Å². The third-order valence-corrected chi connectivity index (χ3v) is 4.69. The molecule has 0 spiro atoms. The molecule has 8 heteroatoms. The van der Waals surface area contributed by atoms with Crippen molar-refractivity contribution in [3.05, 3.63) is 54.1 Å². The van der Waals surface area contributed by atoms with E-state index < -0.39 is 0 Å². The topological polar surface area (TPSA) is 89.1 Å². The predicted molar refractivity (Wildman–Crippen MR) is 109 cm³/mol. The molecule has 146 valence electrons. The average molecular weight is 398 g/mol. The summed E-state index contributed by atoms with van der Waals surface area (Å²) in [6.45, 7) is 2.87. The molecule has 3 rings (SSSR count). The summed E-state index contributed by atoms with van der Waals surface area (Å²) in [7, 11) is 1.62. The van der Waals surface area contributed by atoms with Gasteiger partial charge in [0.05, 0.1) is 19.4 Å². The Balaban J connectivity index is 1.39. The molecule has 2 N–H and O–H groups in total. The molecule has 0 saturated carbocycles. The van der Waals surface area contributed by atoms with Crippen molar-refractivity contribution in [1.82, 2.24) is 20.5 Å². The van der Waals surface area contributed by atoms with Crippen molar-refractivity contribution in [3.8, 4) is 22.9 Å². The number of ether oxygens (including phenoxy) is 2. The highest BCUT2D eigenvalue weighted by molar-refractivity contribution is 7.99. The lowest BCUT2D eigenvalue weighted by atomic mass is 10.2. The lowest BCUT2D eigenvalue weighted by molar-refractivity contribution is -0.118. The number of nitrogens with one attached hydrogen (secondary N) is 2. The third-order valence-electron chi connectivity index (χ3n) is 3.84. The zero-order chi connectivity index (χ0) is 19.8. The van der Waals surface area contributed by atoms with Crippen LogP contribution in [-0.2, 0) is 4.79 Å². The number of hydrogen-bond donors (Lipinski definition) is 2. The Kier molecular flexibility index (Phi) is 6.91. The Hall–Kier alpha value is -3.00. The van der Waals surface area contributed by atoms with E-state index in [0.717, 1.165) is 22.6 Å². The Morgan fingerprint density at radius 2 is 2.00 bits per heavy atom. The Bertz CT molecular complexity index is 912. The number of thioether (sulfide) groups is 1. The molecule has 0 atom stereocenters. The van der Waals surface area contributed by atoms with Gasteiger partial charge < -0.3 is 14.8 Å². The summed E-state index contributed by atoms with van der Waals surface area (Å²) in [6, 6.07) is 15.3. The van der Waals surface area contributed by atoms with Gasteiger partial charge in [0, 0.05) is 5.56 Å². The molecule has 1 heterocycles. The molecule has 2 aromatic carbocycles. The molecular formula is C20H22N4O3S. The summed E-state index contributed by atoms with van der Waals surface area (Å²) in [5.74, 6) is 2.38. The molecule has 28 heavy (non-hydrogen) atoms. The number of aryl methyl sites for hydroxylation is 1. The van der Waals surface area contributed by atoms with Gasteiger partial charge in [-0.05, 0) is 48.9 Å². The highest BCUT2D eigenvalue weighted by atomic mass is 32.2. The van der Waals surface area contributed by atoms with Crippen molar-refractivity contribution in [2.24, 2.45) is 0 Å². The second kappa shape index (κ2) is 9.80. The summed E-state index contributed by atoms with van der Waals surface area (Å²) >= 11 is 1.28. The molecule has 0 aliphatic carbocycles. The SMILES string of the molecule is COc1ccc(-c2nc(SCC(=O)NCCOc3cccc(C)c3)n[nH]2)cc1. The van der Waals surface area contributed by atoms with Crippen LogP contribution < -0.4 is 14.8 Å². The third kappa shape index (κ3) is 5.75. The van der Waals surface area contributed by atoms with Gasteiger partial charge in [-0.25, -0.2) is 4.98 Å². The molecule has 0 aliphatic rings. The number of amides is 1. The molecule has 1 amide bonds. The fraction of sp³-hybridized carbons (Fsp3) is 0.250. The maximum atomic E-state index is 12.0. The summed E-state index contributed by atoms with van der Waals surface area (Å²) < 4.78 is 10.8. The van der Waals surface area contributed by atoms with Crippen molar-refractivity contribution >= 4 is 17.7 Å². The predicted octanol–water partition coefficient (Wildman–Crippen LogP) is 3.08. The van der Waals surface area contributed by atoms with E-state index >= 15 is 0 Å². The monoisotopic (exact) mass is 398 g/mol. The van der Waals surface area contributed by atoms with Gasteiger partial charge in [0.15, 0.2) is 5.82 Å². The maximum absolute atomic E-state index is 12.0. The fourth-order valence-corrected chi connectivity index (χ4v) is 3.06. The van der Waals surface area contributed by atoms with E-state index in [0.29, 0.717) is 24.1 Å². The van der Waals surface area contributed by atoms with Gasteiger partial charge in [-0.15, -0.1) is 5.10 Å². The number of methoxy groups -OCH3 is 1. The average Bonchev–Trinajstić information content (AvgIpc) is 3.19. The van der Waals surface area contributed by atoms with E-state index in [1.54, 1.807) is 7.11 Å². The van der Waals surface area contributed by atoms with Gasteiger partial charge in [0.1, 0.15) is 18.1 Å².